The normalized spacial score (nSPS) is 15.6. The minimum atomic E-state index is -0.233. The summed E-state index contributed by atoms with van der Waals surface area (Å²) in [7, 11) is 1.69. The summed E-state index contributed by atoms with van der Waals surface area (Å²) in [5.41, 5.74) is 0. The molecule has 1 amide bonds. The van der Waals surface area contributed by atoms with Gasteiger partial charge in [0.2, 0.25) is 0 Å². The van der Waals surface area contributed by atoms with Crippen LogP contribution in [0.15, 0.2) is 42.5 Å². The van der Waals surface area contributed by atoms with Crippen LogP contribution in [0, 0.1) is 0 Å². The third-order valence-electron chi connectivity index (χ3n) is 3.72. The van der Waals surface area contributed by atoms with Crippen LogP contribution in [0.2, 0.25) is 10.0 Å². The summed E-state index contributed by atoms with van der Waals surface area (Å²) in [6, 6.07) is 12.3. The molecule has 0 aliphatic carbocycles. The second-order valence-electron chi connectivity index (χ2n) is 5.64. The van der Waals surface area contributed by atoms with Crippen LogP contribution in [0.25, 0.3) is 0 Å². The number of amides is 1. The van der Waals surface area contributed by atoms with Gasteiger partial charge in [-0.15, -0.1) is 0 Å². The van der Waals surface area contributed by atoms with Crippen molar-refractivity contribution < 1.29 is 19.0 Å². The summed E-state index contributed by atoms with van der Waals surface area (Å²) >= 11 is 11.9. The van der Waals surface area contributed by atoms with Crippen molar-refractivity contribution in [3.05, 3.63) is 52.5 Å². The lowest BCUT2D eigenvalue weighted by atomic mass is 10.2. The van der Waals surface area contributed by atoms with Gasteiger partial charge in [-0.05, 0) is 30.3 Å². The maximum Gasteiger partial charge on any atom is 0.260 e. The number of rotatable bonds is 5. The van der Waals surface area contributed by atoms with Crippen molar-refractivity contribution in [2.45, 2.75) is 6.10 Å². The van der Waals surface area contributed by atoms with Crippen LogP contribution in [0.1, 0.15) is 0 Å². The van der Waals surface area contributed by atoms with Crippen LogP contribution in [0.5, 0.6) is 17.2 Å². The zero-order valence-corrected chi connectivity index (χ0v) is 15.1. The number of para-hydroxylation sites is 2. The first-order valence-electron chi connectivity index (χ1n) is 7.73. The first kappa shape index (κ1) is 17.7. The first-order chi connectivity index (χ1) is 12.0. The zero-order valence-electron chi connectivity index (χ0n) is 13.6. The molecule has 1 aliphatic rings. The van der Waals surface area contributed by atoms with E-state index in [1.54, 1.807) is 30.1 Å². The molecule has 0 saturated carbocycles. The van der Waals surface area contributed by atoms with Gasteiger partial charge in [0.05, 0.1) is 11.6 Å². The number of benzene rings is 2. The Labute approximate surface area is 156 Å². The van der Waals surface area contributed by atoms with E-state index < -0.39 is 0 Å². The van der Waals surface area contributed by atoms with Crippen molar-refractivity contribution in [3.63, 3.8) is 0 Å². The molecular weight excluding hydrogens is 365 g/mol. The second-order valence-corrected chi connectivity index (χ2v) is 6.48. The van der Waals surface area contributed by atoms with Gasteiger partial charge >= 0.3 is 0 Å². The van der Waals surface area contributed by atoms with Gasteiger partial charge in [0, 0.05) is 12.1 Å². The Balaban J connectivity index is 1.51. The van der Waals surface area contributed by atoms with Gasteiger partial charge in [0.15, 0.2) is 24.2 Å². The van der Waals surface area contributed by atoms with Gasteiger partial charge in [-0.3, -0.25) is 4.79 Å². The molecule has 3 rings (SSSR count). The van der Waals surface area contributed by atoms with Gasteiger partial charge in [0.1, 0.15) is 12.4 Å². The molecule has 5 nitrogen and oxygen atoms in total. The van der Waals surface area contributed by atoms with Crippen LogP contribution in [0.4, 0.5) is 0 Å². The molecule has 0 unspecified atom stereocenters. The van der Waals surface area contributed by atoms with Gasteiger partial charge in [0.25, 0.3) is 5.91 Å². The molecule has 1 aliphatic heterocycles. The number of ether oxygens (including phenoxy) is 3. The van der Waals surface area contributed by atoms with Crippen molar-refractivity contribution in [2.75, 3.05) is 26.8 Å². The lowest BCUT2D eigenvalue weighted by molar-refractivity contribution is -0.133. The molecule has 0 radical (unpaired) electrons. The summed E-state index contributed by atoms with van der Waals surface area (Å²) in [6.07, 6.45) is -0.233. The maximum atomic E-state index is 12.2. The van der Waals surface area contributed by atoms with Gasteiger partial charge in [-0.2, -0.15) is 0 Å². The number of nitrogens with zero attached hydrogens (tertiary/aromatic N) is 1. The third kappa shape index (κ3) is 4.50. The molecule has 7 heteroatoms. The van der Waals surface area contributed by atoms with E-state index in [4.69, 9.17) is 37.4 Å². The highest BCUT2D eigenvalue weighted by Crippen LogP contribution is 2.31. The fraction of sp³-hybridized carbons (Fsp3) is 0.278. The van der Waals surface area contributed by atoms with E-state index in [2.05, 4.69) is 0 Å². The Morgan fingerprint density at radius 3 is 2.76 bits per heavy atom. The fourth-order valence-electron chi connectivity index (χ4n) is 2.40. The highest BCUT2D eigenvalue weighted by Gasteiger charge is 2.23. The monoisotopic (exact) mass is 381 g/mol. The average molecular weight is 382 g/mol. The number of carbonyl (C=O) groups excluding carboxylic acids is 1. The van der Waals surface area contributed by atoms with E-state index in [0.29, 0.717) is 40.4 Å². The summed E-state index contributed by atoms with van der Waals surface area (Å²) in [5, 5.41) is 0.874. The molecule has 1 heterocycles. The van der Waals surface area contributed by atoms with E-state index in [1.807, 2.05) is 24.3 Å². The highest BCUT2D eigenvalue weighted by molar-refractivity contribution is 6.35. The van der Waals surface area contributed by atoms with Crippen LogP contribution in [-0.2, 0) is 4.79 Å². The molecule has 2 aromatic rings. The van der Waals surface area contributed by atoms with Crippen LogP contribution < -0.4 is 14.2 Å². The average Bonchev–Trinajstić information content (AvgIpc) is 2.60. The molecule has 1 atom stereocenters. The van der Waals surface area contributed by atoms with E-state index in [1.165, 1.54) is 0 Å². The Morgan fingerprint density at radius 1 is 1.24 bits per heavy atom. The van der Waals surface area contributed by atoms with Crippen molar-refractivity contribution in [1.82, 2.24) is 4.90 Å². The van der Waals surface area contributed by atoms with E-state index in [0.717, 1.165) is 0 Å². The SMILES string of the molecule is CN(C[C@H]1COc2ccccc2O1)C(=O)COc1ccc(Cl)cc1Cl. The number of fused-ring (bicyclic) bond motifs is 1. The fourth-order valence-corrected chi connectivity index (χ4v) is 2.87. The van der Waals surface area contributed by atoms with Crippen molar-refractivity contribution in [3.8, 4) is 17.2 Å². The maximum absolute atomic E-state index is 12.2. The predicted molar refractivity (Wildman–Crippen MR) is 95.9 cm³/mol. The number of hydrogen-bond acceptors (Lipinski definition) is 4. The Bertz CT molecular complexity index is 768. The smallest absolute Gasteiger partial charge is 0.260 e. The first-order valence-corrected chi connectivity index (χ1v) is 8.49. The van der Waals surface area contributed by atoms with E-state index >= 15 is 0 Å². The molecule has 2 aromatic carbocycles. The minimum Gasteiger partial charge on any atom is -0.486 e. The quantitative estimate of drug-likeness (QED) is 0.792. The molecule has 0 saturated heterocycles. The largest absolute Gasteiger partial charge is 0.486 e. The van der Waals surface area contributed by atoms with E-state index in [9.17, 15) is 4.79 Å². The summed E-state index contributed by atoms with van der Waals surface area (Å²) in [6.45, 7) is 0.658. The summed E-state index contributed by atoms with van der Waals surface area (Å²) in [5.74, 6) is 1.63. The molecule has 25 heavy (non-hydrogen) atoms. The zero-order chi connectivity index (χ0) is 17.8. The second kappa shape index (κ2) is 7.85. The number of carbonyl (C=O) groups is 1. The van der Waals surface area contributed by atoms with Crippen LogP contribution in [-0.4, -0.2) is 43.7 Å². The third-order valence-corrected chi connectivity index (χ3v) is 4.25. The minimum absolute atomic E-state index is 0.123. The lowest BCUT2D eigenvalue weighted by Crippen LogP contribution is -2.43. The molecule has 0 bridgehead atoms. The van der Waals surface area contributed by atoms with Crippen molar-refractivity contribution >= 4 is 29.1 Å². The van der Waals surface area contributed by atoms with Crippen LogP contribution in [0.3, 0.4) is 0 Å². The van der Waals surface area contributed by atoms with Gasteiger partial charge in [-0.1, -0.05) is 35.3 Å². The lowest BCUT2D eigenvalue weighted by Gasteiger charge is -2.29. The Morgan fingerprint density at radius 2 is 2.00 bits per heavy atom. The highest BCUT2D eigenvalue weighted by atomic mass is 35.5. The molecule has 0 aromatic heterocycles. The standard InChI is InChI=1S/C18H17Cl2NO4/c1-21(9-13-10-23-16-4-2-3-5-17(16)25-13)18(22)11-24-15-7-6-12(19)8-14(15)20/h2-8,13H,9-11H2,1H3/t13-/m0/s1. The summed E-state index contributed by atoms with van der Waals surface area (Å²) in [4.78, 5) is 13.8. The summed E-state index contributed by atoms with van der Waals surface area (Å²) < 4.78 is 17.0. The Hall–Kier alpha value is -2.11. The number of hydrogen-bond donors (Lipinski definition) is 0. The van der Waals surface area contributed by atoms with Crippen molar-refractivity contribution in [2.24, 2.45) is 0 Å². The molecule has 132 valence electrons. The van der Waals surface area contributed by atoms with Crippen molar-refractivity contribution in [1.29, 1.82) is 0 Å². The molecule has 0 N–H and O–H groups in total. The van der Waals surface area contributed by atoms with Gasteiger partial charge < -0.3 is 19.1 Å². The van der Waals surface area contributed by atoms with Crippen LogP contribution >= 0.6 is 23.2 Å². The van der Waals surface area contributed by atoms with E-state index in [-0.39, 0.29) is 18.6 Å². The topological polar surface area (TPSA) is 48.0 Å². The molecular formula is C18H17Cl2NO4. The number of halogens is 2. The predicted octanol–water partition coefficient (Wildman–Crippen LogP) is 3.67. The number of likely N-dealkylation sites (N-methyl/N-ethyl adjacent to an activating group) is 1. The molecule has 0 fully saturated rings. The van der Waals surface area contributed by atoms with Gasteiger partial charge in [-0.25, -0.2) is 0 Å². The molecule has 0 spiro atoms. The Kier molecular flexibility index (Phi) is 5.56.